The Morgan fingerprint density at radius 2 is 1.64 bits per heavy atom. The Bertz CT molecular complexity index is 132. The van der Waals surface area contributed by atoms with Crippen molar-refractivity contribution in [2.24, 2.45) is 17.8 Å². The molecule has 11 heavy (non-hydrogen) atoms. The lowest BCUT2D eigenvalue weighted by Crippen LogP contribution is -2.31. The molecule has 0 aliphatic carbocycles. The van der Waals surface area contributed by atoms with Gasteiger partial charge in [0.15, 0.2) is 0 Å². The molecule has 2 nitrogen and oxygen atoms in total. The van der Waals surface area contributed by atoms with Crippen molar-refractivity contribution >= 4 is 5.91 Å². The van der Waals surface area contributed by atoms with E-state index in [1.165, 1.54) is 0 Å². The number of carbonyl (C=O) groups excluding carboxylic acids is 1. The van der Waals surface area contributed by atoms with Crippen LogP contribution in [0.5, 0.6) is 0 Å². The van der Waals surface area contributed by atoms with Crippen LogP contribution in [-0.4, -0.2) is 13.0 Å². The van der Waals surface area contributed by atoms with Crippen molar-refractivity contribution in [3.8, 4) is 0 Å². The zero-order valence-electron chi connectivity index (χ0n) is 8.14. The van der Waals surface area contributed by atoms with Crippen molar-refractivity contribution in [3.63, 3.8) is 0 Å². The van der Waals surface area contributed by atoms with Gasteiger partial charge in [0.25, 0.3) is 0 Å². The lowest BCUT2D eigenvalue weighted by Gasteiger charge is -2.21. The molecule has 1 N–H and O–H groups in total. The van der Waals surface area contributed by atoms with E-state index in [1.54, 1.807) is 7.05 Å². The summed E-state index contributed by atoms with van der Waals surface area (Å²) >= 11 is 0. The molecule has 0 rings (SSSR count). The first-order chi connectivity index (χ1) is 5.00. The Morgan fingerprint density at radius 3 is 1.91 bits per heavy atom. The summed E-state index contributed by atoms with van der Waals surface area (Å²) in [7, 11) is 1.69. The normalized spacial score (nSPS) is 16.2. The van der Waals surface area contributed by atoms with Crippen LogP contribution in [0, 0.1) is 17.8 Å². The molecule has 0 radical (unpaired) electrons. The lowest BCUT2D eigenvalue weighted by molar-refractivity contribution is -0.125. The monoisotopic (exact) mass is 157 g/mol. The van der Waals surface area contributed by atoms with Gasteiger partial charge in [0.2, 0.25) is 5.91 Å². The molecule has 0 saturated heterocycles. The van der Waals surface area contributed by atoms with Crippen LogP contribution >= 0.6 is 0 Å². The van der Waals surface area contributed by atoms with Crippen molar-refractivity contribution in [1.82, 2.24) is 5.32 Å². The van der Waals surface area contributed by atoms with Crippen LogP contribution in [0.1, 0.15) is 27.7 Å². The second-order valence-electron chi connectivity index (χ2n) is 3.51. The molecule has 0 heterocycles. The third-order valence-electron chi connectivity index (χ3n) is 2.50. The Hall–Kier alpha value is -0.530. The Balaban J connectivity index is 4.01. The molecule has 0 aromatic heterocycles. The number of hydrogen-bond donors (Lipinski definition) is 1. The second kappa shape index (κ2) is 4.37. The number of rotatable bonds is 3. The van der Waals surface area contributed by atoms with Gasteiger partial charge in [0.05, 0.1) is 0 Å². The first-order valence-corrected chi connectivity index (χ1v) is 4.22. The molecule has 2 heteroatoms. The summed E-state index contributed by atoms with van der Waals surface area (Å²) in [6.07, 6.45) is 0. The summed E-state index contributed by atoms with van der Waals surface area (Å²) in [4.78, 5) is 11.1. The lowest BCUT2D eigenvalue weighted by atomic mass is 9.86. The van der Waals surface area contributed by atoms with Crippen molar-refractivity contribution in [3.05, 3.63) is 0 Å². The van der Waals surface area contributed by atoms with Crippen molar-refractivity contribution in [1.29, 1.82) is 0 Å². The minimum absolute atomic E-state index is 0.125. The van der Waals surface area contributed by atoms with E-state index in [0.717, 1.165) is 0 Å². The first kappa shape index (κ1) is 10.5. The van der Waals surface area contributed by atoms with E-state index in [-0.39, 0.29) is 11.8 Å². The molecule has 0 aliphatic rings. The van der Waals surface area contributed by atoms with Crippen molar-refractivity contribution < 1.29 is 4.79 Å². The molecular formula is C9H19NO. The van der Waals surface area contributed by atoms with Crippen LogP contribution in [0.4, 0.5) is 0 Å². The summed E-state index contributed by atoms with van der Waals surface area (Å²) in [6, 6.07) is 0. The number of amides is 1. The average molecular weight is 157 g/mol. The highest BCUT2D eigenvalue weighted by molar-refractivity contribution is 5.78. The van der Waals surface area contributed by atoms with Gasteiger partial charge >= 0.3 is 0 Å². The maximum absolute atomic E-state index is 11.1. The van der Waals surface area contributed by atoms with E-state index in [2.05, 4.69) is 26.1 Å². The summed E-state index contributed by atoms with van der Waals surface area (Å²) in [5.74, 6) is 1.29. The first-order valence-electron chi connectivity index (χ1n) is 4.22. The Labute approximate surface area is 69.4 Å². The standard InChI is InChI=1S/C9H19NO/c1-6(2)7(3)8(4)9(11)10-5/h6-8H,1-5H3,(H,10,11)/t7-,8?/m1/s1. The van der Waals surface area contributed by atoms with Gasteiger partial charge in [-0.05, 0) is 11.8 Å². The molecule has 0 saturated carbocycles. The van der Waals surface area contributed by atoms with Crippen LogP contribution in [-0.2, 0) is 4.79 Å². The number of nitrogens with one attached hydrogen (secondary N) is 1. The number of carbonyl (C=O) groups is 1. The molecule has 66 valence electrons. The molecule has 0 aliphatic heterocycles. The van der Waals surface area contributed by atoms with E-state index in [0.29, 0.717) is 11.8 Å². The fourth-order valence-electron chi connectivity index (χ4n) is 1.04. The van der Waals surface area contributed by atoms with Gasteiger partial charge in [0.1, 0.15) is 0 Å². The predicted octanol–water partition coefficient (Wildman–Crippen LogP) is 1.66. The smallest absolute Gasteiger partial charge is 0.222 e. The summed E-state index contributed by atoms with van der Waals surface area (Å²) in [6.45, 7) is 8.38. The summed E-state index contributed by atoms with van der Waals surface area (Å²) < 4.78 is 0. The van der Waals surface area contributed by atoms with Crippen molar-refractivity contribution in [2.75, 3.05) is 7.05 Å². The van der Waals surface area contributed by atoms with Crippen LogP contribution in [0.2, 0.25) is 0 Å². The molecule has 0 fully saturated rings. The van der Waals surface area contributed by atoms with Gasteiger partial charge in [0, 0.05) is 13.0 Å². The molecule has 0 aromatic carbocycles. The average Bonchev–Trinajstić information content (AvgIpc) is 2.00. The molecular weight excluding hydrogens is 138 g/mol. The molecule has 1 unspecified atom stereocenters. The molecule has 2 atom stereocenters. The van der Waals surface area contributed by atoms with E-state index < -0.39 is 0 Å². The predicted molar refractivity (Wildman–Crippen MR) is 47.2 cm³/mol. The van der Waals surface area contributed by atoms with Crippen LogP contribution in [0.15, 0.2) is 0 Å². The third-order valence-corrected chi connectivity index (χ3v) is 2.50. The van der Waals surface area contributed by atoms with E-state index in [1.807, 2.05) is 6.92 Å². The van der Waals surface area contributed by atoms with Gasteiger partial charge < -0.3 is 5.32 Å². The third kappa shape index (κ3) is 2.91. The largest absolute Gasteiger partial charge is 0.359 e. The van der Waals surface area contributed by atoms with E-state index in [4.69, 9.17) is 0 Å². The van der Waals surface area contributed by atoms with Crippen LogP contribution < -0.4 is 5.32 Å². The quantitative estimate of drug-likeness (QED) is 0.663. The minimum Gasteiger partial charge on any atom is -0.359 e. The SMILES string of the molecule is CNC(=O)C(C)[C@H](C)C(C)C. The maximum atomic E-state index is 11.1. The van der Waals surface area contributed by atoms with Gasteiger partial charge in [-0.2, -0.15) is 0 Å². The van der Waals surface area contributed by atoms with Gasteiger partial charge in [-0.25, -0.2) is 0 Å². The molecule has 0 bridgehead atoms. The van der Waals surface area contributed by atoms with Crippen LogP contribution in [0.25, 0.3) is 0 Å². The fourth-order valence-corrected chi connectivity index (χ4v) is 1.04. The zero-order valence-corrected chi connectivity index (χ0v) is 8.14. The van der Waals surface area contributed by atoms with Gasteiger partial charge in [-0.15, -0.1) is 0 Å². The topological polar surface area (TPSA) is 29.1 Å². The minimum atomic E-state index is 0.125. The highest BCUT2D eigenvalue weighted by atomic mass is 16.1. The zero-order chi connectivity index (χ0) is 9.02. The van der Waals surface area contributed by atoms with E-state index in [9.17, 15) is 4.79 Å². The summed E-state index contributed by atoms with van der Waals surface area (Å²) in [5, 5.41) is 2.66. The Morgan fingerprint density at radius 1 is 1.18 bits per heavy atom. The van der Waals surface area contributed by atoms with Gasteiger partial charge in [-0.3, -0.25) is 4.79 Å². The summed E-state index contributed by atoms with van der Waals surface area (Å²) in [5.41, 5.74) is 0. The molecule has 0 aromatic rings. The van der Waals surface area contributed by atoms with Crippen LogP contribution in [0.3, 0.4) is 0 Å². The van der Waals surface area contributed by atoms with Crippen molar-refractivity contribution in [2.45, 2.75) is 27.7 Å². The fraction of sp³-hybridized carbons (Fsp3) is 0.889. The molecule has 1 amide bonds. The highest BCUT2D eigenvalue weighted by Crippen LogP contribution is 2.19. The Kier molecular flexibility index (Phi) is 4.16. The van der Waals surface area contributed by atoms with E-state index >= 15 is 0 Å². The highest BCUT2D eigenvalue weighted by Gasteiger charge is 2.21. The maximum Gasteiger partial charge on any atom is 0.222 e. The second-order valence-corrected chi connectivity index (χ2v) is 3.51. The number of hydrogen-bond acceptors (Lipinski definition) is 1. The van der Waals surface area contributed by atoms with Gasteiger partial charge in [-0.1, -0.05) is 27.7 Å². The molecule has 0 spiro atoms.